The van der Waals surface area contributed by atoms with Crippen molar-refractivity contribution in [2.24, 2.45) is 21.7 Å². The number of hydrogen-bond donors (Lipinski definition) is 2. The van der Waals surface area contributed by atoms with Crippen LogP contribution in [0.4, 0.5) is 0 Å². The molecule has 3 aromatic carbocycles. The second-order valence-corrected chi connectivity index (χ2v) is 17.9. The molecule has 8 nitrogen and oxygen atoms in total. The first-order chi connectivity index (χ1) is 22.8. The molecule has 2 heterocycles. The van der Waals surface area contributed by atoms with Gasteiger partial charge in [-0.2, -0.15) is 0 Å². The Kier molecular flexibility index (Phi) is 8.32. The van der Waals surface area contributed by atoms with Crippen LogP contribution in [0.25, 0.3) is 33.5 Å². The molecule has 0 spiro atoms. The van der Waals surface area contributed by atoms with E-state index < -0.39 is 5.41 Å². The average molecular weight is 661 g/mol. The number of rotatable bonds is 8. The predicted octanol–water partition coefficient (Wildman–Crippen LogP) is 9.96. The maximum atomic E-state index is 12.2. The number of aliphatic hydroxyl groups is 1. The first kappa shape index (κ1) is 34.4. The zero-order valence-electron chi connectivity index (χ0n) is 30.8. The Bertz CT molecular complexity index is 2020. The van der Waals surface area contributed by atoms with Crippen LogP contribution in [0.5, 0.6) is 5.75 Å². The summed E-state index contributed by atoms with van der Waals surface area (Å²) in [4.78, 5) is 3.14. The van der Waals surface area contributed by atoms with E-state index in [0.29, 0.717) is 24.2 Å². The van der Waals surface area contributed by atoms with Gasteiger partial charge in [0.1, 0.15) is 45.0 Å². The van der Waals surface area contributed by atoms with Crippen LogP contribution in [0, 0.1) is 21.7 Å². The molecule has 0 fully saturated rings. The van der Waals surface area contributed by atoms with Gasteiger partial charge >= 0.3 is 0 Å². The van der Waals surface area contributed by atoms with Gasteiger partial charge in [0.2, 0.25) is 0 Å². The van der Waals surface area contributed by atoms with Crippen LogP contribution in [-0.4, -0.2) is 40.2 Å². The van der Waals surface area contributed by atoms with Crippen molar-refractivity contribution in [2.45, 2.75) is 100 Å². The SMILES string of the molecule is CC(C)(C)CC(C)(C)c1cc(CC2(C(C)(C)CC(C)(C)C)C=C(n3nc4ccccc4n3)C(O)=CC2)c(O)c(-n2nc3ccccc3n2)c1. The average Bonchev–Trinajstić information content (AvgIpc) is 3.61. The zero-order chi connectivity index (χ0) is 35.6. The number of phenolic OH excluding ortho intramolecular Hbond substituents is 1. The lowest BCUT2D eigenvalue weighted by Gasteiger charge is -2.49. The first-order valence-electron chi connectivity index (χ1n) is 17.4. The Morgan fingerprint density at radius 3 is 1.65 bits per heavy atom. The smallest absolute Gasteiger partial charge is 0.146 e. The number of fused-ring (bicyclic) bond motifs is 2. The van der Waals surface area contributed by atoms with E-state index in [1.54, 1.807) is 9.59 Å². The van der Waals surface area contributed by atoms with Gasteiger partial charge in [-0.05, 0) is 101 Å². The van der Waals surface area contributed by atoms with E-state index >= 15 is 0 Å². The number of nitrogens with zero attached hydrogens (tertiary/aromatic N) is 6. The van der Waals surface area contributed by atoms with Gasteiger partial charge in [0.25, 0.3) is 0 Å². The monoisotopic (exact) mass is 660 g/mol. The van der Waals surface area contributed by atoms with Gasteiger partial charge in [0, 0.05) is 5.41 Å². The molecule has 0 radical (unpaired) electrons. The molecule has 1 atom stereocenters. The van der Waals surface area contributed by atoms with E-state index in [9.17, 15) is 10.2 Å². The highest BCUT2D eigenvalue weighted by atomic mass is 16.3. The van der Waals surface area contributed by atoms with E-state index in [1.165, 1.54) is 0 Å². The molecule has 258 valence electrons. The number of phenols is 1. The maximum Gasteiger partial charge on any atom is 0.146 e. The quantitative estimate of drug-likeness (QED) is 0.172. The summed E-state index contributed by atoms with van der Waals surface area (Å²) in [6.07, 6.45) is 7.02. The Labute approximate surface area is 290 Å². The van der Waals surface area contributed by atoms with Crippen LogP contribution >= 0.6 is 0 Å². The van der Waals surface area contributed by atoms with Gasteiger partial charge in [-0.25, -0.2) is 0 Å². The van der Waals surface area contributed by atoms with Gasteiger partial charge in [-0.1, -0.05) is 99.6 Å². The van der Waals surface area contributed by atoms with Crippen molar-refractivity contribution in [1.29, 1.82) is 0 Å². The topological polar surface area (TPSA) is 102 Å². The lowest BCUT2D eigenvalue weighted by Crippen LogP contribution is -2.42. The summed E-state index contributed by atoms with van der Waals surface area (Å²) >= 11 is 0. The van der Waals surface area contributed by atoms with Gasteiger partial charge in [0.05, 0.1) is 0 Å². The molecule has 0 saturated heterocycles. The van der Waals surface area contributed by atoms with E-state index in [2.05, 4.69) is 87.4 Å². The van der Waals surface area contributed by atoms with Crippen LogP contribution < -0.4 is 0 Å². The molecule has 2 N–H and O–H groups in total. The number of aromatic nitrogens is 6. The molecule has 0 bridgehead atoms. The summed E-state index contributed by atoms with van der Waals surface area (Å²) in [6.45, 7) is 22.8. The van der Waals surface area contributed by atoms with Gasteiger partial charge < -0.3 is 10.2 Å². The molecule has 6 rings (SSSR count). The summed E-state index contributed by atoms with van der Waals surface area (Å²) in [7, 11) is 0. The molecule has 0 saturated carbocycles. The Balaban J connectivity index is 1.57. The molecule has 1 unspecified atom stereocenters. The van der Waals surface area contributed by atoms with Crippen molar-refractivity contribution in [3.8, 4) is 11.4 Å². The van der Waals surface area contributed by atoms with Crippen LogP contribution in [0.15, 0.2) is 78.6 Å². The minimum Gasteiger partial charge on any atom is -0.506 e. The zero-order valence-corrected chi connectivity index (χ0v) is 30.8. The normalized spacial score (nSPS) is 17.8. The molecule has 1 aliphatic rings. The maximum absolute atomic E-state index is 12.2. The fraction of sp³-hybridized carbons (Fsp3) is 0.463. The Hall–Kier alpha value is -4.46. The third kappa shape index (κ3) is 6.87. The molecule has 5 aromatic rings. The predicted molar refractivity (Wildman–Crippen MR) is 199 cm³/mol. The number of allylic oxidation sites excluding steroid dienone is 3. The number of aliphatic hydroxyl groups excluding tert-OH is 1. The fourth-order valence-corrected chi connectivity index (χ4v) is 8.33. The van der Waals surface area contributed by atoms with E-state index in [0.717, 1.165) is 46.0 Å². The highest BCUT2D eigenvalue weighted by molar-refractivity contribution is 5.76. The van der Waals surface area contributed by atoms with Gasteiger partial charge in [0.15, 0.2) is 0 Å². The molecule has 8 heteroatoms. The number of aromatic hydroxyl groups is 1. The van der Waals surface area contributed by atoms with Crippen LogP contribution in [0.1, 0.15) is 99.6 Å². The summed E-state index contributed by atoms with van der Waals surface area (Å²) in [6, 6.07) is 19.8. The molecule has 49 heavy (non-hydrogen) atoms. The summed E-state index contributed by atoms with van der Waals surface area (Å²) < 4.78 is 0. The molecule has 2 aromatic heterocycles. The standard InChI is InChI=1S/C41H52N6O2/c1-37(2,3)25-39(7,8)28-21-27(36(49)33(22-28)46-42-29-15-11-12-16-30(29)43-46)23-41(40(9,10)26-38(4,5)6)20-19-35(48)34(24-41)47-44-31-17-13-14-18-32(31)45-47/h11-19,21-22,24,48-49H,20,23,25-26H2,1-10H3. The van der Waals surface area contributed by atoms with Crippen molar-refractivity contribution in [3.05, 3.63) is 89.7 Å². The lowest BCUT2D eigenvalue weighted by atomic mass is 9.55. The number of benzene rings is 3. The fourth-order valence-electron chi connectivity index (χ4n) is 8.33. The third-order valence-corrected chi connectivity index (χ3v) is 10.1. The molecule has 0 aliphatic heterocycles. The highest BCUT2D eigenvalue weighted by Crippen LogP contribution is 2.55. The molecular formula is C41H52N6O2. The summed E-state index contributed by atoms with van der Waals surface area (Å²) in [5, 5.41) is 42.7. The first-order valence-corrected chi connectivity index (χ1v) is 17.4. The van der Waals surface area contributed by atoms with Crippen LogP contribution in [0.2, 0.25) is 0 Å². The second-order valence-electron chi connectivity index (χ2n) is 17.9. The highest BCUT2D eigenvalue weighted by Gasteiger charge is 2.47. The Morgan fingerprint density at radius 1 is 0.673 bits per heavy atom. The van der Waals surface area contributed by atoms with Crippen molar-refractivity contribution in [1.82, 2.24) is 30.0 Å². The minimum absolute atomic E-state index is 0.0230. The third-order valence-electron chi connectivity index (χ3n) is 10.1. The summed E-state index contributed by atoms with van der Waals surface area (Å²) in [5.41, 5.74) is 5.21. The van der Waals surface area contributed by atoms with Gasteiger partial charge in [-0.15, -0.1) is 30.0 Å². The van der Waals surface area contributed by atoms with Crippen molar-refractivity contribution in [3.63, 3.8) is 0 Å². The van der Waals surface area contributed by atoms with Gasteiger partial charge in [-0.3, -0.25) is 0 Å². The van der Waals surface area contributed by atoms with Crippen LogP contribution in [0.3, 0.4) is 0 Å². The van der Waals surface area contributed by atoms with Crippen LogP contribution in [-0.2, 0) is 11.8 Å². The largest absolute Gasteiger partial charge is 0.506 e. The lowest BCUT2D eigenvalue weighted by molar-refractivity contribution is 0.0669. The molecular weight excluding hydrogens is 608 g/mol. The number of hydrogen-bond acceptors (Lipinski definition) is 6. The second kappa shape index (κ2) is 11.9. The minimum atomic E-state index is -0.522. The molecule has 1 aliphatic carbocycles. The molecule has 0 amide bonds. The Morgan fingerprint density at radius 2 is 1.16 bits per heavy atom. The van der Waals surface area contributed by atoms with E-state index in [-0.39, 0.29) is 33.2 Å². The van der Waals surface area contributed by atoms with E-state index in [4.69, 9.17) is 20.4 Å². The van der Waals surface area contributed by atoms with E-state index in [1.807, 2.05) is 54.6 Å². The van der Waals surface area contributed by atoms with Crippen molar-refractivity contribution >= 4 is 27.8 Å². The van der Waals surface area contributed by atoms with Crippen molar-refractivity contribution < 1.29 is 10.2 Å². The summed E-state index contributed by atoms with van der Waals surface area (Å²) in [5.74, 6) is 0.318. The van der Waals surface area contributed by atoms with Crippen molar-refractivity contribution in [2.75, 3.05) is 0 Å².